The number of alkyl halides is 4. The lowest BCUT2D eigenvalue weighted by molar-refractivity contribution is -0.136. The average Bonchev–Trinajstić information content (AvgIpc) is 2.46. The van der Waals surface area contributed by atoms with E-state index in [0.717, 1.165) is 0 Å². The van der Waals surface area contributed by atoms with Crippen molar-refractivity contribution in [2.45, 2.75) is 25.0 Å². The number of hydrogen-bond acceptors (Lipinski definition) is 2. The Bertz CT molecular complexity index is 270. The molecule has 0 saturated carbocycles. The van der Waals surface area contributed by atoms with Crippen LogP contribution in [0.5, 0.6) is 0 Å². The highest BCUT2D eigenvalue weighted by Crippen LogP contribution is 2.20. The number of hydrogen-bond donors (Lipinski definition) is 0. The van der Waals surface area contributed by atoms with Crippen LogP contribution in [-0.4, -0.2) is 20.9 Å². The molecule has 0 saturated heterocycles. The summed E-state index contributed by atoms with van der Waals surface area (Å²) < 4.78 is 36.7. The molecular formula is C6H7ClF3N3. The number of nitrogens with zero attached hydrogens (tertiary/aromatic N) is 3. The SMILES string of the molecule is FC(F)(F)CCn1cnnc1CCl. The van der Waals surface area contributed by atoms with Gasteiger partial charge in [-0.2, -0.15) is 13.2 Å². The maximum absolute atomic E-state index is 11.8. The van der Waals surface area contributed by atoms with E-state index in [-0.39, 0.29) is 12.4 Å². The molecule has 1 aromatic heterocycles. The van der Waals surface area contributed by atoms with Crippen LogP contribution in [0.15, 0.2) is 6.33 Å². The Kier molecular flexibility index (Phi) is 3.13. The smallest absolute Gasteiger partial charge is 0.316 e. The topological polar surface area (TPSA) is 30.7 Å². The van der Waals surface area contributed by atoms with Crippen molar-refractivity contribution < 1.29 is 13.2 Å². The summed E-state index contributed by atoms with van der Waals surface area (Å²) in [5, 5.41) is 7.00. The van der Waals surface area contributed by atoms with Crippen LogP contribution < -0.4 is 0 Å². The second-order valence-corrected chi connectivity index (χ2v) is 2.71. The summed E-state index contributed by atoms with van der Waals surface area (Å²) in [6, 6.07) is 0. The van der Waals surface area contributed by atoms with Crippen LogP contribution in [0.4, 0.5) is 13.2 Å². The Morgan fingerprint density at radius 1 is 1.46 bits per heavy atom. The highest BCUT2D eigenvalue weighted by atomic mass is 35.5. The standard InChI is InChI=1S/C6H7ClF3N3/c7-3-5-12-11-4-13(5)2-1-6(8,9)10/h4H,1-3H2. The van der Waals surface area contributed by atoms with Crippen LogP contribution in [0.1, 0.15) is 12.2 Å². The van der Waals surface area contributed by atoms with Gasteiger partial charge >= 0.3 is 6.18 Å². The zero-order valence-electron chi connectivity index (χ0n) is 6.55. The summed E-state index contributed by atoms with van der Waals surface area (Å²) in [6.07, 6.45) is -3.81. The second-order valence-electron chi connectivity index (χ2n) is 2.44. The molecule has 0 fully saturated rings. The van der Waals surface area contributed by atoms with Gasteiger partial charge in [0.2, 0.25) is 0 Å². The first-order chi connectivity index (χ1) is 6.03. The Morgan fingerprint density at radius 3 is 2.69 bits per heavy atom. The molecule has 3 nitrogen and oxygen atoms in total. The van der Waals surface area contributed by atoms with Crippen LogP contribution in [0.3, 0.4) is 0 Å². The molecule has 74 valence electrons. The van der Waals surface area contributed by atoms with E-state index in [1.807, 2.05) is 0 Å². The molecule has 0 aromatic carbocycles. The van der Waals surface area contributed by atoms with E-state index in [9.17, 15) is 13.2 Å². The lowest BCUT2D eigenvalue weighted by Gasteiger charge is -2.07. The van der Waals surface area contributed by atoms with E-state index >= 15 is 0 Å². The van der Waals surface area contributed by atoms with Crippen LogP contribution in [0.2, 0.25) is 0 Å². The van der Waals surface area contributed by atoms with Gasteiger partial charge in [-0.15, -0.1) is 21.8 Å². The molecule has 0 bridgehead atoms. The van der Waals surface area contributed by atoms with E-state index < -0.39 is 12.6 Å². The highest BCUT2D eigenvalue weighted by molar-refractivity contribution is 6.16. The molecule has 0 amide bonds. The largest absolute Gasteiger partial charge is 0.390 e. The highest BCUT2D eigenvalue weighted by Gasteiger charge is 2.26. The molecule has 7 heteroatoms. The molecule has 0 aliphatic heterocycles. The maximum atomic E-state index is 11.8. The van der Waals surface area contributed by atoms with E-state index in [1.165, 1.54) is 10.9 Å². The third-order valence-corrected chi connectivity index (χ3v) is 1.69. The van der Waals surface area contributed by atoms with E-state index in [4.69, 9.17) is 11.6 Å². The van der Waals surface area contributed by atoms with Gasteiger partial charge < -0.3 is 4.57 Å². The summed E-state index contributed by atoms with van der Waals surface area (Å²) in [4.78, 5) is 0. The van der Waals surface area contributed by atoms with Gasteiger partial charge in [0, 0.05) is 6.54 Å². The van der Waals surface area contributed by atoms with Crippen molar-refractivity contribution >= 4 is 11.6 Å². The monoisotopic (exact) mass is 213 g/mol. The molecule has 1 rings (SSSR count). The molecule has 0 aliphatic rings. The Morgan fingerprint density at radius 2 is 2.15 bits per heavy atom. The number of rotatable bonds is 3. The maximum Gasteiger partial charge on any atom is 0.390 e. The van der Waals surface area contributed by atoms with E-state index in [1.54, 1.807) is 0 Å². The number of aryl methyl sites for hydroxylation is 1. The van der Waals surface area contributed by atoms with E-state index in [2.05, 4.69) is 10.2 Å². The zero-order valence-corrected chi connectivity index (χ0v) is 7.31. The van der Waals surface area contributed by atoms with Gasteiger partial charge in [-0.25, -0.2) is 0 Å². The molecular weight excluding hydrogens is 207 g/mol. The molecule has 0 spiro atoms. The van der Waals surface area contributed by atoms with Gasteiger partial charge in [-0.1, -0.05) is 0 Å². The van der Waals surface area contributed by atoms with Crippen molar-refractivity contribution in [2.75, 3.05) is 0 Å². The van der Waals surface area contributed by atoms with Crippen LogP contribution in [-0.2, 0) is 12.4 Å². The molecule has 13 heavy (non-hydrogen) atoms. The summed E-state index contributed by atoms with van der Waals surface area (Å²) >= 11 is 5.42. The van der Waals surface area contributed by atoms with Crippen molar-refractivity contribution in [1.29, 1.82) is 0 Å². The quantitative estimate of drug-likeness (QED) is 0.719. The lowest BCUT2D eigenvalue weighted by Crippen LogP contribution is -2.13. The predicted molar refractivity (Wildman–Crippen MR) is 40.3 cm³/mol. The first-order valence-corrected chi connectivity index (χ1v) is 4.06. The third-order valence-electron chi connectivity index (χ3n) is 1.45. The van der Waals surface area contributed by atoms with Gasteiger partial charge in [0.25, 0.3) is 0 Å². The summed E-state index contributed by atoms with van der Waals surface area (Å²) in [6.45, 7) is -0.182. The minimum atomic E-state index is -4.16. The fourth-order valence-corrected chi connectivity index (χ4v) is 1.02. The van der Waals surface area contributed by atoms with Crippen molar-refractivity contribution in [1.82, 2.24) is 14.8 Å². The minimum Gasteiger partial charge on any atom is -0.316 e. The summed E-state index contributed by atoms with van der Waals surface area (Å²) in [5.74, 6) is 0.420. The van der Waals surface area contributed by atoms with Gasteiger partial charge in [-0.05, 0) is 0 Å². The van der Waals surface area contributed by atoms with Crippen molar-refractivity contribution in [3.8, 4) is 0 Å². The zero-order chi connectivity index (χ0) is 9.90. The molecule has 1 heterocycles. The lowest BCUT2D eigenvalue weighted by atomic mass is 10.4. The van der Waals surface area contributed by atoms with Crippen LogP contribution in [0.25, 0.3) is 0 Å². The number of halogens is 4. The van der Waals surface area contributed by atoms with E-state index in [0.29, 0.717) is 5.82 Å². The van der Waals surface area contributed by atoms with Crippen molar-refractivity contribution in [3.05, 3.63) is 12.2 Å². The molecule has 0 unspecified atom stereocenters. The Balaban J connectivity index is 2.54. The van der Waals surface area contributed by atoms with Crippen LogP contribution >= 0.6 is 11.6 Å². The third kappa shape index (κ3) is 3.22. The van der Waals surface area contributed by atoms with Gasteiger partial charge in [0.1, 0.15) is 12.2 Å². The van der Waals surface area contributed by atoms with Gasteiger partial charge in [0.15, 0.2) is 0 Å². The first kappa shape index (κ1) is 10.3. The fraction of sp³-hybridized carbons (Fsp3) is 0.667. The second kappa shape index (κ2) is 3.95. The molecule has 0 N–H and O–H groups in total. The predicted octanol–water partition coefficient (Wildman–Crippen LogP) is 1.97. The molecule has 0 aliphatic carbocycles. The Hall–Kier alpha value is -0.780. The Labute approximate surface area is 77.5 Å². The molecule has 0 atom stereocenters. The average molecular weight is 214 g/mol. The minimum absolute atomic E-state index is 0.0673. The molecule has 1 aromatic rings. The number of aromatic nitrogens is 3. The van der Waals surface area contributed by atoms with Crippen molar-refractivity contribution in [3.63, 3.8) is 0 Å². The molecule has 0 radical (unpaired) electrons. The summed E-state index contributed by atoms with van der Waals surface area (Å²) in [7, 11) is 0. The fourth-order valence-electron chi connectivity index (χ4n) is 0.816. The van der Waals surface area contributed by atoms with Crippen molar-refractivity contribution in [2.24, 2.45) is 0 Å². The first-order valence-electron chi connectivity index (χ1n) is 3.52. The normalized spacial score (nSPS) is 12.0. The summed E-state index contributed by atoms with van der Waals surface area (Å²) in [5.41, 5.74) is 0. The van der Waals surface area contributed by atoms with Gasteiger partial charge in [0.05, 0.1) is 12.3 Å². The van der Waals surface area contributed by atoms with Gasteiger partial charge in [-0.3, -0.25) is 0 Å². The van der Waals surface area contributed by atoms with Crippen LogP contribution in [0, 0.1) is 0 Å².